The largest absolute Gasteiger partial charge is 0.494 e. The molecule has 0 radical (unpaired) electrons. The minimum atomic E-state index is 0.0892. The van der Waals surface area contributed by atoms with Gasteiger partial charge in [-0.2, -0.15) is 0 Å². The van der Waals surface area contributed by atoms with Gasteiger partial charge in [0.2, 0.25) is 0 Å². The van der Waals surface area contributed by atoms with Crippen LogP contribution in [0.25, 0.3) is 0 Å². The van der Waals surface area contributed by atoms with Crippen molar-refractivity contribution in [2.24, 2.45) is 5.41 Å². The summed E-state index contributed by atoms with van der Waals surface area (Å²) in [4.78, 5) is 11.1. The Bertz CT molecular complexity index is 341. The van der Waals surface area contributed by atoms with Crippen LogP contribution >= 0.6 is 0 Å². The van der Waals surface area contributed by atoms with Crippen molar-refractivity contribution in [2.45, 2.75) is 40.0 Å². The summed E-state index contributed by atoms with van der Waals surface area (Å²) in [5, 5.41) is 0. The van der Waals surface area contributed by atoms with Gasteiger partial charge in [0.25, 0.3) is 0 Å². The fraction of sp³-hybridized carbons (Fsp3) is 0.533. The normalized spacial score (nSPS) is 11.2. The number of rotatable bonds is 7. The standard InChI is InChI=1S/C15H22O2/c1-13(16)12-15(2,3)10-7-11-17-14-8-5-4-6-9-14/h4-6,8-9H,7,10-12H2,1-3H3. The summed E-state index contributed by atoms with van der Waals surface area (Å²) in [6.07, 6.45) is 2.65. The van der Waals surface area contributed by atoms with Gasteiger partial charge >= 0.3 is 0 Å². The molecule has 0 heterocycles. The molecule has 0 bridgehead atoms. The van der Waals surface area contributed by atoms with Crippen LogP contribution in [0.15, 0.2) is 30.3 Å². The highest BCUT2D eigenvalue weighted by Crippen LogP contribution is 2.26. The van der Waals surface area contributed by atoms with Crippen LogP contribution in [0.4, 0.5) is 0 Å². The van der Waals surface area contributed by atoms with Crippen molar-refractivity contribution in [1.82, 2.24) is 0 Å². The second kappa shape index (κ2) is 6.43. The van der Waals surface area contributed by atoms with Gasteiger partial charge in [0.1, 0.15) is 11.5 Å². The molecule has 0 aromatic heterocycles. The molecule has 0 aliphatic heterocycles. The van der Waals surface area contributed by atoms with E-state index >= 15 is 0 Å². The first-order valence-corrected chi connectivity index (χ1v) is 6.17. The third-order valence-corrected chi connectivity index (χ3v) is 2.74. The molecule has 0 saturated carbocycles. The molecule has 0 aliphatic rings. The van der Waals surface area contributed by atoms with E-state index in [1.807, 2.05) is 30.3 Å². The maximum Gasteiger partial charge on any atom is 0.130 e. The Morgan fingerprint density at radius 2 is 1.88 bits per heavy atom. The predicted octanol–water partition coefficient (Wildman–Crippen LogP) is 3.85. The van der Waals surface area contributed by atoms with Crippen LogP contribution in [0.5, 0.6) is 5.75 Å². The van der Waals surface area contributed by atoms with Crippen LogP contribution in [0, 0.1) is 5.41 Å². The van der Waals surface area contributed by atoms with Gasteiger partial charge in [-0.15, -0.1) is 0 Å². The van der Waals surface area contributed by atoms with E-state index in [1.165, 1.54) is 0 Å². The molecule has 1 aromatic rings. The van der Waals surface area contributed by atoms with Crippen LogP contribution < -0.4 is 4.74 Å². The number of hydrogen-bond acceptors (Lipinski definition) is 2. The smallest absolute Gasteiger partial charge is 0.130 e. The number of hydrogen-bond donors (Lipinski definition) is 0. The van der Waals surface area contributed by atoms with E-state index < -0.39 is 0 Å². The number of ether oxygens (including phenoxy) is 1. The van der Waals surface area contributed by atoms with Gasteiger partial charge in [-0.3, -0.25) is 0 Å². The summed E-state index contributed by atoms with van der Waals surface area (Å²) in [6, 6.07) is 9.83. The molecule has 94 valence electrons. The molecule has 0 fully saturated rings. The molecule has 0 aliphatic carbocycles. The highest BCUT2D eigenvalue weighted by Gasteiger charge is 2.19. The van der Waals surface area contributed by atoms with Gasteiger partial charge in [0.15, 0.2) is 0 Å². The van der Waals surface area contributed by atoms with Crippen molar-refractivity contribution in [2.75, 3.05) is 6.61 Å². The Kier molecular flexibility index (Phi) is 5.20. The molecule has 0 N–H and O–H groups in total. The zero-order valence-corrected chi connectivity index (χ0v) is 11.0. The van der Waals surface area contributed by atoms with Gasteiger partial charge in [-0.05, 0) is 37.3 Å². The first-order valence-electron chi connectivity index (χ1n) is 6.17. The van der Waals surface area contributed by atoms with Crippen LogP contribution in [-0.4, -0.2) is 12.4 Å². The second-order valence-corrected chi connectivity index (χ2v) is 5.31. The van der Waals surface area contributed by atoms with Crippen molar-refractivity contribution < 1.29 is 9.53 Å². The van der Waals surface area contributed by atoms with Gasteiger partial charge in [-0.25, -0.2) is 0 Å². The Morgan fingerprint density at radius 3 is 2.47 bits per heavy atom. The number of carbonyl (C=O) groups excluding carboxylic acids is 1. The molecular weight excluding hydrogens is 212 g/mol. The SMILES string of the molecule is CC(=O)CC(C)(C)CCCOc1ccccc1. The predicted molar refractivity (Wildman–Crippen MR) is 70.3 cm³/mol. The van der Waals surface area contributed by atoms with Crippen molar-refractivity contribution in [3.8, 4) is 5.75 Å². The van der Waals surface area contributed by atoms with Crippen molar-refractivity contribution in [1.29, 1.82) is 0 Å². The third kappa shape index (κ3) is 6.10. The fourth-order valence-corrected chi connectivity index (χ4v) is 2.02. The zero-order chi connectivity index (χ0) is 12.7. The van der Waals surface area contributed by atoms with E-state index in [-0.39, 0.29) is 11.2 Å². The molecule has 0 atom stereocenters. The van der Waals surface area contributed by atoms with Crippen LogP contribution in [-0.2, 0) is 4.79 Å². The molecular formula is C15H22O2. The second-order valence-electron chi connectivity index (χ2n) is 5.31. The van der Waals surface area contributed by atoms with Crippen LogP contribution in [0.1, 0.15) is 40.0 Å². The Hall–Kier alpha value is -1.31. The Balaban J connectivity index is 2.22. The molecule has 1 aromatic carbocycles. The maximum atomic E-state index is 11.1. The lowest BCUT2D eigenvalue weighted by molar-refractivity contribution is -0.118. The van der Waals surface area contributed by atoms with Gasteiger partial charge in [0.05, 0.1) is 6.61 Å². The lowest BCUT2D eigenvalue weighted by Gasteiger charge is -2.22. The first-order chi connectivity index (χ1) is 7.99. The molecule has 0 unspecified atom stereocenters. The minimum absolute atomic E-state index is 0.0892. The quantitative estimate of drug-likeness (QED) is 0.670. The third-order valence-electron chi connectivity index (χ3n) is 2.74. The number of benzene rings is 1. The molecule has 0 amide bonds. The molecule has 2 heteroatoms. The van der Waals surface area contributed by atoms with Gasteiger partial charge in [0, 0.05) is 6.42 Å². The monoisotopic (exact) mass is 234 g/mol. The summed E-state index contributed by atoms with van der Waals surface area (Å²) in [5.41, 5.74) is 0.0892. The lowest BCUT2D eigenvalue weighted by atomic mass is 9.83. The van der Waals surface area contributed by atoms with Crippen LogP contribution in [0.2, 0.25) is 0 Å². The summed E-state index contributed by atoms with van der Waals surface area (Å²) >= 11 is 0. The van der Waals surface area contributed by atoms with Crippen molar-refractivity contribution in [3.63, 3.8) is 0 Å². The van der Waals surface area contributed by atoms with E-state index in [4.69, 9.17) is 4.74 Å². The van der Waals surface area contributed by atoms with Crippen LogP contribution in [0.3, 0.4) is 0 Å². The highest BCUT2D eigenvalue weighted by atomic mass is 16.5. The summed E-state index contributed by atoms with van der Waals surface area (Å²) < 4.78 is 5.62. The first kappa shape index (κ1) is 13.8. The lowest BCUT2D eigenvalue weighted by Crippen LogP contribution is -2.16. The molecule has 17 heavy (non-hydrogen) atoms. The molecule has 0 saturated heterocycles. The number of Topliss-reactive ketones (excluding diaryl/α,β-unsaturated/α-hetero) is 1. The van der Waals surface area contributed by atoms with E-state index in [0.29, 0.717) is 13.0 Å². The van der Waals surface area contributed by atoms with E-state index in [2.05, 4.69) is 13.8 Å². The summed E-state index contributed by atoms with van der Waals surface area (Å²) in [6.45, 7) is 6.64. The van der Waals surface area contributed by atoms with Crippen molar-refractivity contribution in [3.05, 3.63) is 30.3 Å². The highest BCUT2D eigenvalue weighted by molar-refractivity contribution is 5.76. The molecule has 0 spiro atoms. The summed E-state index contributed by atoms with van der Waals surface area (Å²) in [7, 11) is 0. The average Bonchev–Trinajstić information content (AvgIpc) is 2.24. The van der Waals surface area contributed by atoms with E-state index in [0.717, 1.165) is 18.6 Å². The topological polar surface area (TPSA) is 26.3 Å². The van der Waals surface area contributed by atoms with E-state index in [1.54, 1.807) is 6.92 Å². The Labute approximate surface area is 104 Å². The molecule has 2 nitrogen and oxygen atoms in total. The summed E-state index contributed by atoms with van der Waals surface area (Å²) in [5.74, 6) is 1.18. The van der Waals surface area contributed by atoms with Gasteiger partial charge in [-0.1, -0.05) is 32.0 Å². The van der Waals surface area contributed by atoms with Crippen molar-refractivity contribution >= 4 is 5.78 Å². The number of para-hydroxylation sites is 1. The van der Waals surface area contributed by atoms with E-state index in [9.17, 15) is 4.79 Å². The Morgan fingerprint density at radius 1 is 1.24 bits per heavy atom. The molecule has 1 rings (SSSR count). The van der Waals surface area contributed by atoms with Gasteiger partial charge < -0.3 is 9.53 Å². The number of carbonyl (C=O) groups is 1. The average molecular weight is 234 g/mol. The number of ketones is 1. The maximum absolute atomic E-state index is 11.1. The fourth-order valence-electron chi connectivity index (χ4n) is 2.02. The zero-order valence-electron chi connectivity index (χ0n) is 11.0. The minimum Gasteiger partial charge on any atom is -0.494 e.